The number of anilines is 2. The lowest BCUT2D eigenvalue weighted by molar-refractivity contribution is 0.329. The Balaban J connectivity index is 1.55. The molecule has 4 aromatic rings. The molecular weight excluding hydrogens is 376 g/mol. The van der Waals surface area contributed by atoms with Crippen molar-refractivity contribution in [3.63, 3.8) is 0 Å². The van der Waals surface area contributed by atoms with Crippen molar-refractivity contribution < 1.29 is 4.52 Å². The van der Waals surface area contributed by atoms with Crippen molar-refractivity contribution in [2.45, 2.75) is 32.1 Å². The van der Waals surface area contributed by atoms with Crippen LogP contribution in [0.4, 0.5) is 11.5 Å². The molecule has 2 N–H and O–H groups in total. The highest BCUT2D eigenvalue weighted by atomic mass is 16.5. The average Bonchev–Trinajstić information content (AvgIpc) is 3.45. The molecule has 0 amide bonds. The van der Waals surface area contributed by atoms with E-state index in [1.807, 2.05) is 20.0 Å². The van der Waals surface area contributed by atoms with Crippen LogP contribution in [-0.4, -0.2) is 39.7 Å². The van der Waals surface area contributed by atoms with E-state index in [9.17, 15) is 0 Å². The summed E-state index contributed by atoms with van der Waals surface area (Å²) in [6.07, 6.45) is 5.81. The second-order valence-electron chi connectivity index (χ2n) is 8.48. The Labute approximate surface area is 174 Å². The van der Waals surface area contributed by atoms with E-state index in [1.54, 1.807) is 6.33 Å². The molecule has 0 aliphatic carbocycles. The summed E-state index contributed by atoms with van der Waals surface area (Å²) in [5, 5.41) is 8.76. The Kier molecular flexibility index (Phi) is 3.77. The van der Waals surface area contributed by atoms with Gasteiger partial charge in [-0.2, -0.15) is 0 Å². The molecule has 7 heteroatoms. The number of nitrogens with zero attached hydrogens (tertiary/aromatic N) is 4. The summed E-state index contributed by atoms with van der Waals surface area (Å²) in [6, 6.07) is 8.86. The lowest BCUT2D eigenvalue weighted by atomic mass is 9.74. The Morgan fingerprint density at radius 2 is 1.97 bits per heavy atom. The summed E-state index contributed by atoms with van der Waals surface area (Å²) < 4.78 is 5.44. The van der Waals surface area contributed by atoms with Crippen LogP contribution in [-0.2, 0) is 5.41 Å². The van der Waals surface area contributed by atoms with Crippen molar-refractivity contribution in [3.05, 3.63) is 53.8 Å². The number of benzene rings is 1. The third-order valence-corrected chi connectivity index (χ3v) is 6.79. The van der Waals surface area contributed by atoms with Crippen LogP contribution in [0.5, 0.6) is 0 Å². The molecule has 1 aromatic carbocycles. The van der Waals surface area contributed by atoms with Crippen LogP contribution in [0.1, 0.15) is 29.9 Å². The normalized spacial score (nSPS) is 17.7. The first-order valence-corrected chi connectivity index (χ1v) is 10.5. The van der Waals surface area contributed by atoms with Crippen molar-refractivity contribution in [2.75, 3.05) is 24.5 Å². The number of hydrogen-bond donors (Lipinski definition) is 2. The van der Waals surface area contributed by atoms with E-state index >= 15 is 0 Å². The zero-order valence-corrected chi connectivity index (χ0v) is 17.2. The zero-order chi connectivity index (χ0) is 20.3. The SMILES string of the molecule is Cc1noc(C)c1-c1ccc2c(c1)C1(CCNCC1)CN2c1ncnc2[nH]ccc12. The molecule has 0 bridgehead atoms. The number of H-pyrrole nitrogens is 1. The Morgan fingerprint density at radius 1 is 1.10 bits per heavy atom. The lowest BCUT2D eigenvalue weighted by Gasteiger charge is -2.35. The summed E-state index contributed by atoms with van der Waals surface area (Å²) in [4.78, 5) is 14.7. The lowest BCUT2D eigenvalue weighted by Crippen LogP contribution is -2.42. The van der Waals surface area contributed by atoms with Gasteiger partial charge in [-0.1, -0.05) is 11.2 Å². The molecule has 5 heterocycles. The van der Waals surface area contributed by atoms with Crippen LogP contribution in [0.25, 0.3) is 22.2 Å². The molecule has 152 valence electrons. The Hall–Kier alpha value is -3.19. The van der Waals surface area contributed by atoms with Crippen LogP contribution in [0.3, 0.4) is 0 Å². The summed E-state index contributed by atoms with van der Waals surface area (Å²) in [7, 11) is 0. The molecule has 6 rings (SSSR count). The number of rotatable bonds is 2. The molecule has 2 aliphatic heterocycles. The molecule has 0 unspecified atom stereocenters. The van der Waals surface area contributed by atoms with Gasteiger partial charge in [-0.3, -0.25) is 0 Å². The number of hydrogen-bond acceptors (Lipinski definition) is 6. The van der Waals surface area contributed by atoms with Gasteiger partial charge >= 0.3 is 0 Å². The van der Waals surface area contributed by atoms with Crippen LogP contribution >= 0.6 is 0 Å². The maximum atomic E-state index is 5.44. The van der Waals surface area contributed by atoms with Crippen LogP contribution in [0.2, 0.25) is 0 Å². The predicted octanol–water partition coefficient (Wildman–Crippen LogP) is 4.00. The van der Waals surface area contributed by atoms with Crippen molar-refractivity contribution in [2.24, 2.45) is 0 Å². The fraction of sp³-hybridized carbons (Fsp3) is 0.348. The second-order valence-corrected chi connectivity index (χ2v) is 8.48. The maximum absolute atomic E-state index is 5.44. The second kappa shape index (κ2) is 6.40. The predicted molar refractivity (Wildman–Crippen MR) is 116 cm³/mol. The van der Waals surface area contributed by atoms with Gasteiger partial charge in [0.15, 0.2) is 0 Å². The molecule has 30 heavy (non-hydrogen) atoms. The number of fused-ring (bicyclic) bond motifs is 3. The fourth-order valence-electron chi connectivity index (χ4n) is 5.32. The first-order valence-electron chi connectivity index (χ1n) is 10.5. The highest BCUT2D eigenvalue weighted by Gasteiger charge is 2.44. The molecule has 2 aliphatic rings. The summed E-state index contributed by atoms with van der Waals surface area (Å²) in [6.45, 7) is 7.00. The van der Waals surface area contributed by atoms with E-state index in [0.717, 1.165) is 66.3 Å². The number of aromatic nitrogens is 4. The van der Waals surface area contributed by atoms with Gasteiger partial charge in [-0.25, -0.2) is 9.97 Å². The minimum absolute atomic E-state index is 0.114. The quantitative estimate of drug-likeness (QED) is 0.529. The molecule has 7 nitrogen and oxygen atoms in total. The zero-order valence-electron chi connectivity index (χ0n) is 17.2. The van der Waals surface area contributed by atoms with E-state index < -0.39 is 0 Å². The van der Waals surface area contributed by atoms with Crippen LogP contribution in [0, 0.1) is 13.8 Å². The minimum Gasteiger partial charge on any atom is -0.361 e. The molecule has 0 atom stereocenters. The standard InChI is InChI=1S/C23H24N6O/c1-14-20(15(2)30-28-14)16-3-4-19-18(11-16)23(6-9-24-10-7-23)12-29(19)22-17-5-8-25-21(17)26-13-27-22/h3-5,8,11,13,24H,6-7,9-10,12H2,1-2H3,(H,25,26,27). The monoisotopic (exact) mass is 400 g/mol. The molecule has 1 saturated heterocycles. The van der Waals surface area contributed by atoms with Gasteiger partial charge in [-0.05, 0) is 69.1 Å². The topological polar surface area (TPSA) is 82.9 Å². The van der Waals surface area contributed by atoms with Gasteiger partial charge in [0.1, 0.15) is 23.6 Å². The molecule has 1 fully saturated rings. The molecule has 0 saturated carbocycles. The summed E-state index contributed by atoms with van der Waals surface area (Å²) in [5.41, 5.74) is 6.86. The van der Waals surface area contributed by atoms with E-state index in [4.69, 9.17) is 9.51 Å². The van der Waals surface area contributed by atoms with Gasteiger partial charge in [0, 0.05) is 29.4 Å². The van der Waals surface area contributed by atoms with Gasteiger partial charge in [0.25, 0.3) is 0 Å². The van der Waals surface area contributed by atoms with E-state index in [-0.39, 0.29) is 5.41 Å². The minimum atomic E-state index is 0.114. The Bertz CT molecular complexity index is 1230. The van der Waals surface area contributed by atoms with Crippen LogP contribution in [0.15, 0.2) is 41.3 Å². The molecule has 1 spiro atoms. The number of aryl methyl sites for hydroxylation is 2. The highest BCUT2D eigenvalue weighted by molar-refractivity contribution is 5.91. The molecule has 3 aromatic heterocycles. The van der Waals surface area contributed by atoms with E-state index in [2.05, 4.69) is 49.6 Å². The number of nitrogens with one attached hydrogen (secondary N) is 2. The average molecular weight is 400 g/mol. The van der Waals surface area contributed by atoms with Gasteiger partial charge in [-0.15, -0.1) is 0 Å². The van der Waals surface area contributed by atoms with Gasteiger partial charge in [0.2, 0.25) is 0 Å². The third-order valence-electron chi connectivity index (χ3n) is 6.79. The first kappa shape index (κ1) is 17.7. The first-order chi connectivity index (χ1) is 14.7. The van der Waals surface area contributed by atoms with Crippen molar-refractivity contribution in [1.82, 2.24) is 25.4 Å². The van der Waals surface area contributed by atoms with Crippen molar-refractivity contribution in [3.8, 4) is 11.1 Å². The van der Waals surface area contributed by atoms with Crippen molar-refractivity contribution in [1.29, 1.82) is 0 Å². The maximum Gasteiger partial charge on any atom is 0.145 e. The van der Waals surface area contributed by atoms with Gasteiger partial charge in [0.05, 0.1) is 11.1 Å². The number of aromatic amines is 1. The van der Waals surface area contributed by atoms with Crippen molar-refractivity contribution >= 4 is 22.5 Å². The molecular formula is C23H24N6O. The largest absolute Gasteiger partial charge is 0.361 e. The highest BCUT2D eigenvalue weighted by Crippen LogP contribution is 2.50. The van der Waals surface area contributed by atoms with Gasteiger partial charge < -0.3 is 19.7 Å². The molecule has 0 radical (unpaired) electrons. The Morgan fingerprint density at radius 3 is 2.77 bits per heavy atom. The summed E-state index contributed by atoms with van der Waals surface area (Å²) in [5.74, 6) is 1.84. The number of piperidine rings is 1. The fourth-order valence-corrected chi connectivity index (χ4v) is 5.32. The summed E-state index contributed by atoms with van der Waals surface area (Å²) >= 11 is 0. The van der Waals surface area contributed by atoms with E-state index in [1.165, 1.54) is 16.8 Å². The van der Waals surface area contributed by atoms with Crippen LogP contribution < -0.4 is 10.2 Å². The smallest absolute Gasteiger partial charge is 0.145 e. The third kappa shape index (κ3) is 2.45. The van der Waals surface area contributed by atoms with E-state index in [0.29, 0.717) is 0 Å².